The van der Waals surface area contributed by atoms with Gasteiger partial charge in [-0.15, -0.1) is 23.1 Å². The van der Waals surface area contributed by atoms with E-state index < -0.39 is 38.6 Å². The van der Waals surface area contributed by atoms with Crippen molar-refractivity contribution in [2.24, 2.45) is 0 Å². The summed E-state index contributed by atoms with van der Waals surface area (Å²) in [7, 11) is -4.77. The van der Waals surface area contributed by atoms with E-state index in [-0.39, 0.29) is 23.8 Å². The molecule has 0 spiro atoms. The van der Waals surface area contributed by atoms with Gasteiger partial charge in [0.15, 0.2) is 16.6 Å². The molecule has 1 fully saturated rings. The Morgan fingerprint density at radius 1 is 0.951 bits per heavy atom. The summed E-state index contributed by atoms with van der Waals surface area (Å²) < 4.78 is 79.7. The third-order valence-electron chi connectivity index (χ3n) is 10.3. The Morgan fingerprint density at radius 3 is 2.56 bits per heavy atom. The summed E-state index contributed by atoms with van der Waals surface area (Å²) in [5.74, 6) is -0.674. The third-order valence-corrected chi connectivity index (χ3v) is 13.7. The average Bonchev–Trinajstić information content (AvgIpc) is 3.92. The first-order chi connectivity index (χ1) is 29.4. The molecule has 3 aromatic heterocycles. The van der Waals surface area contributed by atoms with Crippen molar-refractivity contribution < 1.29 is 35.9 Å². The van der Waals surface area contributed by atoms with Crippen LogP contribution >= 0.6 is 23.1 Å². The summed E-state index contributed by atoms with van der Waals surface area (Å²) in [6.07, 6.45) is -0.599. The van der Waals surface area contributed by atoms with Gasteiger partial charge in [-0.2, -0.15) is 18.3 Å². The molecule has 0 unspecified atom stereocenters. The first kappa shape index (κ1) is 42.2. The van der Waals surface area contributed by atoms with E-state index >= 15 is 0 Å². The van der Waals surface area contributed by atoms with Crippen LogP contribution in [-0.4, -0.2) is 95.9 Å². The number of rotatable bonds is 14. The average molecular weight is 892 g/mol. The normalized spacial score (nSPS) is 15.3. The lowest BCUT2D eigenvalue weighted by molar-refractivity contribution is -0.137. The van der Waals surface area contributed by atoms with Crippen molar-refractivity contribution in [1.82, 2.24) is 29.2 Å². The minimum absolute atomic E-state index is 0.228. The largest absolute Gasteiger partial charge is 0.418 e. The minimum atomic E-state index is -4.91. The number of hydrogen-bond acceptors (Lipinski definition) is 13. The SMILES string of the molecule is O=C(NS(=O)(=O)c1ccc(N[C@H](CCN2CCOCC2)CSc2ccccc2)c(C(F)(F)F)c1)c1csc(N2CCc3cccc(C(=O)Nc4cn5ncccc5n4)c3C2)n1. The van der Waals surface area contributed by atoms with Crippen molar-refractivity contribution in [3.8, 4) is 0 Å². The van der Waals surface area contributed by atoms with Gasteiger partial charge in [-0.3, -0.25) is 14.5 Å². The number of benzene rings is 3. The maximum Gasteiger partial charge on any atom is 0.418 e. The van der Waals surface area contributed by atoms with Gasteiger partial charge in [0.25, 0.3) is 21.8 Å². The third kappa shape index (κ3) is 10.2. The Bertz CT molecular complexity index is 2600. The van der Waals surface area contributed by atoms with Gasteiger partial charge in [0.1, 0.15) is 5.69 Å². The summed E-state index contributed by atoms with van der Waals surface area (Å²) in [5.41, 5.74) is 1.06. The highest BCUT2D eigenvalue weighted by atomic mass is 32.2. The molecule has 2 amide bonds. The Labute approximate surface area is 357 Å². The van der Waals surface area contributed by atoms with Crippen LogP contribution in [0.3, 0.4) is 0 Å². The first-order valence-electron chi connectivity index (χ1n) is 19.4. The molecule has 318 valence electrons. The molecule has 6 aromatic rings. The monoisotopic (exact) mass is 891 g/mol. The number of fused-ring (bicyclic) bond motifs is 2. The number of halogens is 3. The van der Waals surface area contributed by atoms with Crippen LogP contribution in [0.4, 0.5) is 29.8 Å². The first-order valence-corrected chi connectivity index (χ1v) is 22.7. The van der Waals surface area contributed by atoms with E-state index in [9.17, 15) is 31.2 Å². The molecule has 0 aliphatic carbocycles. The quantitative estimate of drug-likeness (QED) is 0.103. The van der Waals surface area contributed by atoms with Gasteiger partial charge in [0.2, 0.25) is 0 Å². The molecule has 2 aliphatic heterocycles. The molecule has 2 aliphatic rings. The topological polar surface area (TPSA) is 163 Å². The van der Waals surface area contributed by atoms with Crippen molar-refractivity contribution in [2.75, 3.05) is 60.7 Å². The zero-order valence-electron chi connectivity index (χ0n) is 32.5. The molecule has 0 radical (unpaired) electrons. The fourth-order valence-electron chi connectivity index (χ4n) is 7.12. The predicted molar refractivity (Wildman–Crippen MR) is 227 cm³/mol. The molecule has 3 aromatic carbocycles. The Hall–Kier alpha value is -5.54. The van der Waals surface area contributed by atoms with Gasteiger partial charge in [-0.05, 0) is 72.5 Å². The lowest BCUT2D eigenvalue weighted by Gasteiger charge is -2.29. The molecular formula is C41H40F3N9O5S3. The zero-order valence-corrected chi connectivity index (χ0v) is 34.9. The highest BCUT2D eigenvalue weighted by Gasteiger charge is 2.36. The minimum Gasteiger partial charge on any atom is -0.381 e. The summed E-state index contributed by atoms with van der Waals surface area (Å²) in [6, 6.07) is 20.8. The van der Waals surface area contributed by atoms with E-state index in [0.29, 0.717) is 73.1 Å². The number of aromatic nitrogens is 4. The molecule has 5 heterocycles. The van der Waals surface area contributed by atoms with Crippen LogP contribution in [0.1, 0.15) is 44.0 Å². The molecule has 1 saturated heterocycles. The highest BCUT2D eigenvalue weighted by molar-refractivity contribution is 7.99. The van der Waals surface area contributed by atoms with Crippen molar-refractivity contribution >= 4 is 67.2 Å². The summed E-state index contributed by atoms with van der Waals surface area (Å²) >= 11 is 2.61. The molecule has 8 rings (SSSR count). The number of carbonyl (C=O) groups is 2. The number of morpholine rings is 1. The van der Waals surface area contributed by atoms with E-state index in [2.05, 4.69) is 30.6 Å². The van der Waals surface area contributed by atoms with Crippen LogP contribution in [0.15, 0.2) is 106 Å². The number of thiazole rings is 1. The van der Waals surface area contributed by atoms with Crippen LogP contribution < -0.4 is 20.3 Å². The number of hydrogen-bond donors (Lipinski definition) is 3. The fraction of sp³-hybridized carbons (Fsp3) is 0.293. The van der Waals surface area contributed by atoms with E-state index in [0.717, 1.165) is 52.6 Å². The summed E-state index contributed by atoms with van der Waals surface area (Å²) in [4.78, 5) is 39.9. The van der Waals surface area contributed by atoms with Crippen molar-refractivity contribution in [3.63, 3.8) is 0 Å². The van der Waals surface area contributed by atoms with Crippen LogP contribution in [0.25, 0.3) is 5.65 Å². The van der Waals surface area contributed by atoms with Gasteiger partial charge in [0.05, 0.1) is 29.9 Å². The lowest BCUT2D eigenvalue weighted by atomic mass is 9.94. The van der Waals surface area contributed by atoms with Crippen LogP contribution in [-0.2, 0) is 33.9 Å². The molecule has 20 heteroatoms. The zero-order chi connectivity index (χ0) is 42.6. The number of sulfonamides is 1. The number of carbonyl (C=O) groups excluding carboxylic acids is 2. The summed E-state index contributed by atoms with van der Waals surface area (Å²) in [6.45, 7) is 4.05. The van der Waals surface area contributed by atoms with Crippen LogP contribution in [0.5, 0.6) is 0 Å². The van der Waals surface area contributed by atoms with E-state index in [1.54, 1.807) is 41.2 Å². The second kappa shape index (κ2) is 18.2. The van der Waals surface area contributed by atoms with E-state index in [1.165, 1.54) is 17.1 Å². The number of ether oxygens (including phenoxy) is 1. The standard InChI is InChI=1S/C41H40F3N9O5S3/c42-41(43,44)33-22-30(11-12-34(33)46-28(14-16-51-18-20-58-21-19-51)25-59-29-7-2-1-3-8-29)61(56,57)50-39(55)35-26-60-40(47-35)52-17-13-27-6-4-9-31(32(27)23-52)38(54)49-36-24-53-37(48-36)10-5-15-45-53/h1-12,15,22,24,26,28,46H,13-14,16-21,23,25H2,(H,49,54)(H,50,55)/t28-/m1/s1. The number of anilines is 3. The van der Waals surface area contributed by atoms with Crippen LogP contribution in [0, 0.1) is 0 Å². The van der Waals surface area contributed by atoms with Crippen molar-refractivity contribution in [2.45, 2.75) is 41.4 Å². The second-order valence-electron chi connectivity index (χ2n) is 14.4. The predicted octanol–water partition coefficient (Wildman–Crippen LogP) is 6.43. The lowest BCUT2D eigenvalue weighted by Crippen LogP contribution is -2.39. The van der Waals surface area contributed by atoms with Gasteiger partial charge >= 0.3 is 6.18 Å². The van der Waals surface area contributed by atoms with Gasteiger partial charge < -0.3 is 20.3 Å². The number of nitrogens with zero attached hydrogens (tertiary/aromatic N) is 6. The molecule has 61 heavy (non-hydrogen) atoms. The van der Waals surface area contributed by atoms with Crippen molar-refractivity contribution in [3.05, 3.63) is 125 Å². The highest BCUT2D eigenvalue weighted by Crippen LogP contribution is 2.37. The second-order valence-corrected chi connectivity index (χ2v) is 18.0. The molecular weight excluding hydrogens is 852 g/mol. The number of amides is 2. The fourth-order valence-corrected chi connectivity index (χ4v) is 9.94. The maximum absolute atomic E-state index is 14.6. The van der Waals surface area contributed by atoms with Gasteiger partial charge in [0, 0.05) is 72.2 Å². The van der Waals surface area contributed by atoms with Crippen LogP contribution in [0.2, 0.25) is 0 Å². The Morgan fingerprint density at radius 2 is 1.77 bits per heavy atom. The smallest absolute Gasteiger partial charge is 0.381 e. The number of alkyl halides is 3. The number of nitrogens with one attached hydrogen (secondary N) is 3. The van der Waals surface area contributed by atoms with Gasteiger partial charge in [-0.1, -0.05) is 30.3 Å². The van der Waals surface area contributed by atoms with E-state index in [1.807, 2.05) is 46.0 Å². The molecule has 1 atom stereocenters. The number of imidazole rings is 1. The molecule has 0 bridgehead atoms. The Kier molecular flexibility index (Phi) is 12.6. The number of thioether (sulfide) groups is 1. The van der Waals surface area contributed by atoms with Gasteiger partial charge in [-0.25, -0.2) is 27.6 Å². The maximum atomic E-state index is 14.6. The molecule has 0 saturated carbocycles. The summed E-state index contributed by atoms with van der Waals surface area (Å²) in [5, 5.41) is 11.8. The molecule has 14 nitrogen and oxygen atoms in total. The Balaban J connectivity index is 0.947. The molecule has 3 N–H and O–H groups in total. The van der Waals surface area contributed by atoms with Crippen molar-refractivity contribution in [1.29, 1.82) is 0 Å². The van der Waals surface area contributed by atoms with E-state index in [4.69, 9.17) is 4.74 Å².